The minimum absolute atomic E-state index is 0.0546. The minimum atomic E-state index is -0.256. The zero-order valence-corrected chi connectivity index (χ0v) is 24.6. The zero-order valence-electron chi connectivity index (χ0n) is 23.8. The van der Waals surface area contributed by atoms with Crippen molar-refractivity contribution in [1.82, 2.24) is 20.2 Å². The van der Waals surface area contributed by atoms with Gasteiger partial charge in [-0.25, -0.2) is 5.43 Å². The summed E-state index contributed by atoms with van der Waals surface area (Å²) in [6.07, 6.45) is 1.56. The van der Waals surface area contributed by atoms with Crippen LogP contribution in [-0.2, 0) is 10.2 Å². The lowest BCUT2D eigenvalue weighted by Gasteiger charge is -2.19. The molecule has 40 heavy (non-hydrogen) atoms. The van der Waals surface area contributed by atoms with Gasteiger partial charge >= 0.3 is 0 Å². The van der Waals surface area contributed by atoms with Gasteiger partial charge in [0.2, 0.25) is 0 Å². The van der Waals surface area contributed by atoms with Crippen molar-refractivity contribution in [2.24, 2.45) is 5.10 Å². The number of nitrogens with one attached hydrogen (secondary N) is 1. The molecule has 0 unspecified atom stereocenters. The molecular formula is C31H35N5O3S. The summed E-state index contributed by atoms with van der Waals surface area (Å²) >= 11 is 1.30. The summed E-state index contributed by atoms with van der Waals surface area (Å²) in [5.74, 6) is 1.84. The van der Waals surface area contributed by atoms with Gasteiger partial charge in [0.15, 0.2) is 22.5 Å². The first kappa shape index (κ1) is 28.9. The van der Waals surface area contributed by atoms with Crippen molar-refractivity contribution in [3.63, 3.8) is 0 Å². The van der Waals surface area contributed by atoms with E-state index in [0.29, 0.717) is 23.3 Å². The van der Waals surface area contributed by atoms with Gasteiger partial charge in [-0.05, 0) is 60.7 Å². The van der Waals surface area contributed by atoms with Gasteiger partial charge in [0.05, 0.1) is 25.7 Å². The third-order valence-corrected chi connectivity index (χ3v) is 7.09. The molecule has 0 radical (unpaired) electrons. The molecule has 4 aromatic rings. The number of hydrazone groups is 1. The van der Waals surface area contributed by atoms with Gasteiger partial charge < -0.3 is 9.47 Å². The molecule has 0 aliphatic heterocycles. The average molecular weight is 558 g/mol. The van der Waals surface area contributed by atoms with Crippen LogP contribution in [0.2, 0.25) is 0 Å². The predicted octanol–water partition coefficient (Wildman–Crippen LogP) is 6.19. The van der Waals surface area contributed by atoms with Crippen LogP contribution in [0, 0.1) is 6.92 Å². The summed E-state index contributed by atoms with van der Waals surface area (Å²) in [4.78, 5) is 12.6. The molecule has 9 heteroatoms. The summed E-state index contributed by atoms with van der Waals surface area (Å²) in [7, 11) is 1.58. The van der Waals surface area contributed by atoms with E-state index in [1.807, 2.05) is 54.8 Å². The lowest BCUT2D eigenvalue weighted by molar-refractivity contribution is -0.118. The Morgan fingerprint density at radius 2 is 1.75 bits per heavy atom. The first-order valence-electron chi connectivity index (χ1n) is 13.1. The maximum Gasteiger partial charge on any atom is 0.250 e. The average Bonchev–Trinajstić information content (AvgIpc) is 3.36. The number of amides is 1. The fraction of sp³-hybridized carbons (Fsp3) is 0.290. The molecule has 1 heterocycles. The van der Waals surface area contributed by atoms with Crippen molar-refractivity contribution >= 4 is 23.9 Å². The van der Waals surface area contributed by atoms with Crippen LogP contribution >= 0.6 is 11.8 Å². The number of aromatic nitrogens is 3. The molecule has 0 saturated heterocycles. The molecule has 1 aromatic heterocycles. The number of carbonyl (C=O) groups is 1. The summed E-state index contributed by atoms with van der Waals surface area (Å²) in [5, 5.41) is 13.7. The Balaban J connectivity index is 1.49. The number of hydrogen-bond acceptors (Lipinski definition) is 7. The monoisotopic (exact) mass is 557 g/mol. The molecule has 208 valence electrons. The lowest BCUT2D eigenvalue weighted by Crippen LogP contribution is -2.20. The summed E-state index contributed by atoms with van der Waals surface area (Å²) in [6, 6.07) is 22.0. The van der Waals surface area contributed by atoms with E-state index in [1.54, 1.807) is 19.4 Å². The second-order valence-corrected chi connectivity index (χ2v) is 11.2. The molecule has 0 atom stereocenters. The Morgan fingerprint density at radius 1 is 1.02 bits per heavy atom. The maximum atomic E-state index is 12.6. The highest BCUT2D eigenvalue weighted by Gasteiger charge is 2.19. The van der Waals surface area contributed by atoms with Gasteiger partial charge in [0.25, 0.3) is 5.91 Å². The number of thioether (sulfide) groups is 1. The van der Waals surface area contributed by atoms with Crippen LogP contribution < -0.4 is 14.9 Å². The molecule has 8 nitrogen and oxygen atoms in total. The molecule has 0 aliphatic carbocycles. The third kappa shape index (κ3) is 7.09. The third-order valence-electron chi connectivity index (χ3n) is 6.16. The van der Waals surface area contributed by atoms with Gasteiger partial charge in [-0.15, -0.1) is 10.2 Å². The quantitative estimate of drug-likeness (QED) is 0.142. The molecule has 1 N–H and O–H groups in total. The maximum absolute atomic E-state index is 12.6. The summed E-state index contributed by atoms with van der Waals surface area (Å²) < 4.78 is 12.9. The Kier molecular flexibility index (Phi) is 9.26. The van der Waals surface area contributed by atoms with Gasteiger partial charge in [-0.1, -0.05) is 74.5 Å². The second-order valence-electron chi connectivity index (χ2n) is 10.2. The summed E-state index contributed by atoms with van der Waals surface area (Å²) in [5.41, 5.74) is 7.69. The Morgan fingerprint density at radius 3 is 2.40 bits per heavy atom. The van der Waals surface area contributed by atoms with Crippen LogP contribution in [0.25, 0.3) is 17.1 Å². The minimum Gasteiger partial charge on any atom is -0.493 e. The lowest BCUT2D eigenvalue weighted by atomic mass is 9.87. The SMILES string of the molecule is CCOc1ccc(C=NNC(=O)CSc2nnc(-c3ccc(C(C)(C)C)cc3)n2-c2ccc(C)cc2)cc1OC. The fourth-order valence-corrected chi connectivity index (χ4v) is 4.72. The zero-order chi connectivity index (χ0) is 28.7. The van der Waals surface area contributed by atoms with E-state index in [4.69, 9.17) is 9.47 Å². The van der Waals surface area contributed by atoms with Crippen LogP contribution in [0.5, 0.6) is 11.5 Å². The van der Waals surface area contributed by atoms with E-state index in [2.05, 4.69) is 65.8 Å². The number of ether oxygens (including phenoxy) is 2. The topological polar surface area (TPSA) is 90.6 Å². The molecule has 0 fully saturated rings. The number of benzene rings is 3. The second kappa shape index (κ2) is 12.8. The smallest absolute Gasteiger partial charge is 0.250 e. The van der Waals surface area contributed by atoms with Crippen LogP contribution in [0.3, 0.4) is 0 Å². The van der Waals surface area contributed by atoms with Crippen molar-refractivity contribution in [1.29, 1.82) is 0 Å². The first-order chi connectivity index (χ1) is 19.2. The number of nitrogens with zero attached hydrogens (tertiary/aromatic N) is 4. The van der Waals surface area contributed by atoms with Crippen molar-refractivity contribution in [2.75, 3.05) is 19.5 Å². The number of rotatable bonds is 10. The molecular weight excluding hydrogens is 522 g/mol. The van der Waals surface area contributed by atoms with Crippen LogP contribution in [-0.4, -0.2) is 46.4 Å². The molecule has 3 aromatic carbocycles. The van der Waals surface area contributed by atoms with Gasteiger partial charge in [-0.3, -0.25) is 9.36 Å². The van der Waals surface area contributed by atoms with E-state index in [0.717, 1.165) is 28.2 Å². The van der Waals surface area contributed by atoms with Crippen molar-refractivity contribution in [2.45, 2.75) is 45.2 Å². The van der Waals surface area contributed by atoms with Gasteiger partial charge in [-0.2, -0.15) is 5.10 Å². The summed E-state index contributed by atoms with van der Waals surface area (Å²) in [6.45, 7) is 11.1. The Labute approximate surface area is 239 Å². The number of carbonyl (C=O) groups excluding carboxylic acids is 1. The highest BCUT2D eigenvalue weighted by molar-refractivity contribution is 7.99. The highest BCUT2D eigenvalue weighted by atomic mass is 32.2. The standard InChI is InChI=1S/C31H35N5O3S/c1-7-39-26-17-10-22(18-27(26)38-6)19-32-33-28(37)20-40-30-35-34-29(36(30)25-15-8-21(2)9-16-25)23-11-13-24(14-12-23)31(3,4)5/h8-19H,7,20H2,1-6H3,(H,33,37). The molecule has 0 bridgehead atoms. The molecule has 4 rings (SSSR count). The molecule has 1 amide bonds. The largest absolute Gasteiger partial charge is 0.493 e. The van der Waals surface area contributed by atoms with Crippen LogP contribution in [0.4, 0.5) is 0 Å². The van der Waals surface area contributed by atoms with Gasteiger partial charge in [0, 0.05) is 11.3 Å². The Hall–Kier alpha value is -4.11. The molecule has 0 aliphatic rings. The fourth-order valence-electron chi connectivity index (χ4n) is 3.98. The number of aryl methyl sites for hydroxylation is 1. The van der Waals surface area contributed by atoms with E-state index < -0.39 is 0 Å². The van der Waals surface area contributed by atoms with Crippen molar-refractivity contribution < 1.29 is 14.3 Å². The normalized spacial score (nSPS) is 11.6. The predicted molar refractivity (Wildman–Crippen MR) is 161 cm³/mol. The molecule has 0 spiro atoms. The van der Waals surface area contributed by atoms with Gasteiger partial charge in [0.1, 0.15) is 0 Å². The van der Waals surface area contributed by atoms with Crippen LogP contribution in [0.15, 0.2) is 77.0 Å². The van der Waals surface area contributed by atoms with E-state index in [9.17, 15) is 4.79 Å². The van der Waals surface area contributed by atoms with Crippen molar-refractivity contribution in [3.05, 3.63) is 83.4 Å². The van der Waals surface area contributed by atoms with Crippen LogP contribution in [0.1, 0.15) is 44.4 Å². The number of methoxy groups -OCH3 is 1. The Bertz CT molecular complexity index is 1470. The van der Waals surface area contributed by atoms with E-state index >= 15 is 0 Å². The molecule has 0 saturated carbocycles. The number of hydrogen-bond donors (Lipinski definition) is 1. The van der Waals surface area contributed by atoms with E-state index in [-0.39, 0.29) is 17.1 Å². The highest BCUT2D eigenvalue weighted by Crippen LogP contribution is 2.30. The van der Waals surface area contributed by atoms with Crippen molar-refractivity contribution in [3.8, 4) is 28.6 Å². The van der Waals surface area contributed by atoms with E-state index in [1.165, 1.54) is 17.3 Å². The first-order valence-corrected chi connectivity index (χ1v) is 14.1.